The summed E-state index contributed by atoms with van der Waals surface area (Å²) in [5.41, 5.74) is 6.97. The summed E-state index contributed by atoms with van der Waals surface area (Å²) in [5, 5.41) is 0.302. The van der Waals surface area contributed by atoms with Crippen LogP contribution < -0.4 is 5.73 Å². The van der Waals surface area contributed by atoms with Crippen LogP contribution in [0.25, 0.3) is 0 Å². The molecule has 0 saturated carbocycles. The van der Waals surface area contributed by atoms with Crippen LogP contribution in [0.15, 0.2) is 42.5 Å². The molecule has 98 valence electrons. The summed E-state index contributed by atoms with van der Waals surface area (Å²) in [6, 6.07) is 10.2. The number of halogens is 2. The molecule has 2 rings (SSSR count). The van der Waals surface area contributed by atoms with Crippen LogP contribution in [0.3, 0.4) is 0 Å². The topological polar surface area (TPSA) is 52.3 Å². The Balaban J connectivity index is 2.01. The smallest absolute Gasteiger partial charge is 0.338 e. The zero-order chi connectivity index (χ0) is 13.8. The third-order valence-electron chi connectivity index (χ3n) is 2.52. The molecule has 2 aromatic rings. The lowest BCUT2D eigenvalue weighted by Gasteiger charge is -2.06. The van der Waals surface area contributed by atoms with E-state index in [9.17, 15) is 9.18 Å². The Bertz CT molecular complexity index is 599. The number of carbonyl (C=O) groups excluding carboxylic acids is 1. The summed E-state index contributed by atoms with van der Waals surface area (Å²) in [5.74, 6) is -0.841. The predicted octanol–water partition coefficient (Wildman–Crippen LogP) is 3.42. The Morgan fingerprint density at radius 2 is 1.89 bits per heavy atom. The van der Waals surface area contributed by atoms with E-state index < -0.39 is 5.97 Å². The molecule has 0 aliphatic heterocycles. The Hall–Kier alpha value is -2.07. The van der Waals surface area contributed by atoms with Gasteiger partial charge in [-0.25, -0.2) is 9.18 Å². The van der Waals surface area contributed by atoms with E-state index >= 15 is 0 Å². The van der Waals surface area contributed by atoms with Gasteiger partial charge in [-0.1, -0.05) is 23.7 Å². The molecule has 3 nitrogen and oxygen atoms in total. The molecule has 0 spiro atoms. The number of benzene rings is 2. The number of ether oxygens (including phenoxy) is 1. The van der Waals surface area contributed by atoms with Crippen molar-refractivity contribution in [1.29, 1.82) is 0 Å². The molecule has 0 fully saturated rings. The van der Waals surface area contributed by atoms with Gasteiger partial charge in [0, 0.05) is 0 Å². The molecular weight excluding hydrogens is 269 g/mol. The van der Waals surface area contributed by atoms with E-state index in [0.717, 1.165) is 0 Å². The van der Waals surface area contributed by atoms with E-state index in [0.29, 0.717) is 21.8 Å². The summed E-state index contributed by atoms with van der Waals surface area (Å²) >= 11 is 5.82. The molecule has 0 saturated heterocycles. The number of rotatable bonds is 3. The van der Waals surface area contributed by atoms with Gasteiger partial charge in [-0.2, -0.15) is 0 Å². The fourth-order valence-corrected chi connectivity index (χ4v) is 1.65. The number of esters is 1. The second-order valence-corrected chi connectivity index (χ2v) is 4.35. The lowest BCUT2D eigenvalue weighted by atomic mass is 10.2. The van der Waals surface area contributed by atoms with Crippen molar-refractivity contribution < 1.29 is 13.9 Å². The molecule has 0 heterocycles. The van der Waals surface area contributed by atoms with Gasteiger partial charge in [0.1, 0.15) is 12.4 Å². The fourth-order valence-electron chi connectivity index (χ4n) is 1.47. The van der Waals surface area contributed by atoms with Gasteiger partial charge in [0.05, 0.1) is 16.3 Å². The minimum Gasteiger partial charge on any atom is -0.457 e. The summed E-state index contributed by atoms with van der Waals surface area (Å²) in [6.45, 7) is 0.0705. The van der Waals surface area contributed by atoms with E-state index in [1.54, 1.807) is 12.1 Å². The summed E-state index contributed by atoms with van der Waals surface area (Å²) in [4.78, 5) is 11.8. The maximum absolute atomic E-state index is 12.7. The second-order valence-electron chi connectivity index (χ2n) is 3.94. The lowest BCUT2D eigenvalue weighted by Crippen LogP contribution is -2.05. The molecule has 0 aliphatic rings. The van der Waals surface area contributed by atoms with E-state index in [1.807, 2.05) is 0 Å². The average Bonchev–Trinajstić information content (AvgIpc) is 2.41. The summed E-state index contributed by atoms with van der Waals surface area (Å²) in [7, 11) is 0. The minimum absolute atomic E-state index is 0.0705. The van der Waals surface area contributed by atoms with Crippen LogP contribution in [0.4, 0.5) is 10.1 Å². The van der Waals surface area contributed by atoms with Crippen LogP contribution in [-0.4, -0.2) is 5.97 Å². The van der Waals surface area contributed by atoms with Crippen molar-refractivity contribution in [3.05, 3.63) is 64.4 Å². The summed E-state index contributed by atoms with van der Waals surface area (Å²) in [6.07, 6.45) is 0. The van der Waals surface area contributed by atoms with Crippen molar-refractivity contribution in [2.24, 2.45) is 0 Å². The van der Waals surface area contributed by atoms with Gasteiger partial charge in [-0.3, -0.25) is 0 Å². The minimum atomic E-state index is -0.508. The highest BCUT2D eigenvalue weighted by Gasteiger charge is 2.09. The zero-order valence-electron chi connectivity index (χ0n) is 9.90. The number of hydrogen-bond acceptors (Lipinski definition) is 3. The van der Waals surface area contributed by atoms with Crippen molar-refractivity contribution in [3.63, 3.8) is 0 Å². The van der Waals surface area contributed by atoms with Crippen LogP contribution in [0.1, 0.15) is 15.9 Å². The molecule has 0 unspecified atom stereocenters. The number of carbonyl (C=O) groups is 1. The van der Waals surface area contributed by atoms with Gasteiger partial charge in [-0.05, 0) is 35.9 Å². The molecule has 2 aromatic carbocycles. The molecule has 0 aromatic heterocycles. The molecular formula is C14H11ClFNO2. The highest BCUT2D eigenvalue weighted by atomic mass is 35.5. The summed E-state index contributed by atoms with van der Waals surface area (Å²) < 4.78 is 17.8. The van der Waals surface area contributed by atoms with Gasteiger partial charge in [0.15, 0.2) is 0 Å². The number of nitrogens with two attached hydrogens (primary N) is 1. The predicted molar refractivity (Wildman–Crippen MR) is 71.4 cm³/mol. The molecule has 5 heteroatoms. The first-order valence-corrected chi connectivity index (χ1v) is 5.90. The van der Waals surface area contributed by atoms with Crippen LogP contribution in [0.5, 0.6) is 0 Å². The van der Waals surface area contributed by atoms with Crippen molar-refractivity contribution >= 4 is 23.3 Å². The Kier molecular flexibility index (Phi) is 4.02. The number of anilines is 1. The Morgan fingerprint density at radius 3 is 2.53 bits per heavy atom. The zero-order valence-corrected chi connectivity index (χ0v) is 10.7. The largest absolute Gasteiger partial charge is 0.457 e. The van der Waals surface area contributed by atoms with E-state index in [2.05, 4.69) is 0 Å². The van der Waals surface area contributed by atoms with Gasteiger partial charge in [-0.15, -0.1) is 0 Å². The Labute approximate surface area is 114 Å². The highest BCUT2D eigenvalue weighted by molar-refractivity contribution is 6.33. The van der Waals surface area contributed by atoms with Crippen LogP contribution in [-0.2, 0) is 11.3 Å². The van der Waals surface area contributed by atoms with Gasteiger partial charge in [0.2, 0.25) is 0 Å². The van der Waals surface area contributed by atoms with E-state index in [1.165, 1.54) is 30.3 Å². The Morgan fingerprint density at radius 1 is 1.21 bits per heavy atom. The van der Waals surface area contributed by atoms with Crippen molar-refractivity contribution in [2.75, 3.05) is 5.73 Å². The SMILES string of the molecule is Nc1ccc(C(=O)OCc2ccc(F)cc2)cc1Cl. The monoisotopic (exact) mass is 279 g/mol. The lowest BCUT2D eigenvalue weighted by molar-refractivity contribution is 0.0472. The van der Waals surface area contributed by atoms with Gasteiger partial charge in [0.25, 0.3) is 0 Å². The van der Waals surface area contributed by atoms with Crippen molar-refractivity contribution in [2.45, 2.75) is 6.61 Å². The van der Waals surface area contributed by atoms with Gasteiger partial charge < -0.3 is 10.5 Å². The van der Waals surface area contributed by atoms with E-state index in [-0.39, 0.29) is 12.4 Å². The molecule has 19 heavy (non-hydrogen) atoms. The average molecular weight is 280 g/mol. The molecule has 0 amide bonds. The van der Waals surface area contributed by atoms with Crippen molar-refractivity contribution in [3.8, 4) is 0 Å². The third-order valence-corrected chi connectivity index (χ3v) is 2.85. The number of nitrogen functional groups attached to an aromatic ring is 1. The normalized spacial score (nSPS) is 10.2. The first-order chi connectivity index (χ1) is 9.06. The fraction of sp³-hybridized carbons (Fsp3) is 0.0714. The second kappa shape index (κ2) is 5.71. The molecule has 2 N–H and O–H groups in total. The maximum atomic E-state index is 12.7. The quantitative estimate of drug-likeness (QED) is 0.692. The third kappa shape index (κ3) is 3.45. The molecule has 0 atom stereocenters. The van der Waals surface area contributed by atoms with Gasteiger partial charge >= 0.3 is 5.97 Å². The van der Waals surface area contributed by atoms with Crippen molar-refractivity contribution in [1.82, 2.24) is 0 Å². The van der Waals surface area contributed by atoms with Crippen LogP contribution >= 0.6 is 11.6 Å². The first-order valence-electron chi connectivity index (χ1n) is 5.53. The van der Waals surface area contributed by atoms with Crippen LogP contribution in [0, 0.1) is 5.82 Å². The maximum Gasteiger partial charge on any atom is 0.338 e. The number of hydrogen-bond donors (Lipinski definition) is 1. The molecule has 0 bridgehead atoms. The first kappa shape index (κ1) is 13.4. The standard InChI is InChI=1S/C14H11ClFNO2/c15-12-7-10(3-6-13(12)17)14(18)19-8-9-1-4-11(16)5-2-9/h1-7H,8,17H2. The van der Waals surface area contributed by atoms with Crippen LogP contribution in [0.2, 0.25) is 5.02 Å². The van der Waals surface area contributed by atoms with E-state index in [4.69, 9.17) is 22.1 Å². The highest BCUT2D eigenvalue weighted by Crippen LogP contribution is 2.20. The molecule has 0 radical (unpaired) electrons. The molecule has 0 aliphatic carbocycles.